The summed E-state index contributed by atoms with van der Waals surface area (Å²) in [5.41, 5.74) is 16.2. The van der Waals surface area contributed by atoms with Gasteiger partial charge in [-0.3, -0.25) is 0 Å². The fraction of sp³-hybridized carbons (Fsp3) is 0.378. The van der Waals surface area contributed by atoms with Gasteiger partial charge in [-0.1, -0.05) is 0 Å². The van der Waals surface area contributed by atoms with Crippen LogP contribution in [0.3, 0.4) is 0 Å². The average Bonchev–Trinajstić information content (AvgIpc) is 3.62. The van der Waals surface area contributed by atoms with Crippen LogP contribution in [0.15, 0.2) is 83.9 Å². The second kappa shape index (κ2) is 14.0. The average molecular weight is 846 g/mol. The van der Waals surface area contributed by atoms with Gasteiger partial charge in [-0.15, -0.1) is 0 Å². The fourth-order valence-corrected chi connectivity index (χ4v) is 65.6. The van der Waals surface area contributed by atoms with E-state index >= 15 is 0 Å². The number of rotatable bonds is 10. The molecule has 0 amide bonds. The maximum absolute atomic E-state index is 8.91. The predicted molar refractivity (Wildman–Crippen MR) is 236 cm³/mol. The third kappa shape index (κ3) is 6.76. The zero-order chi connectivity index (χ0) is 37.3. The topological polar surface area (TPSA) is 0 Å². The van der Waals surface area contributed by atoms with Crippen molar-refractivity contribution in [2.45, 2.75) is 107 Å². The first-order valence-corrected chi connectivity index (χ1v) is 41.9. The van der Waals surface area contributed by atoms with Crippen molar-refractivity contribution in [2.75, 3.05) is 0 Å². The minimum atomic E-state index is -4.91. The van der Waals surface area contributed by atoms with Gasteiger partial charge in [0.25, 0.3) is 0 Å². The zero-order valence-corrected chi connectivity index (χ0v) is 40.3. The summed E-state index contributed by atoms with van der Waals surface area (Å²) in [5.74, 6) is -1.65. The van der Waals surface area contributed by atoms with Gasteiger partial charge in [-0.2, -0.15) is 0 Å². The van der Waals surface area contributed by atoms with E-state index in [2.05, 4.69) is 166 Å². The quantitative estimate of drug-likeness (QED) is 0.140. The number of halogens is 2. The molecule has 0 bridgehead atoms. The molecule has 0 aliphatic heterocycles. The number of fused-ring (bicyclic) bond motifs is 2. The van der Waals surface area contributed by atoms with Crippen LogP contribution in [0, 0.1) is 13.8 Å². The molecule has 4 aromatic rings. The molecular formula is C45H59Cl2Si3Zr. The van der Waals surface area contributed by atoms with Crippen molar-refractivity contribution >= 4 is 61.6 Å². The number of benzene rings is 4. The van der Waals surface area contributed by atoms with Crippen LogP contribution in [0.1, 0.15) is 74.7 Å². The van der Waals surface area contributed by atoms with Gasteiger partial charge in [-0.25, -0.2) is 0 Å². The zero-order valence-electron chi connectivity index (χ0n) is 33.2. The first-order valence-electron chi connectivity index (χ1n) is 19.3. The molecule has 2 atom stereocenters. The van der Waals surface area contributed by atoms with Gasteiger partial charge < -0.3 is 0 Å². The number of hydrogen-bond donors (Lipinski definition) is 0. The van der Waals surface area contributed by atoms with Gasteiger partial charge in [0.2, 0.25) is 0 Å². The summed E-state index contributed by atoms with van der Waals surface area (Å²) in [6.45, 7) is 28.5. The molecule has 0 fully saturated rings. The van der Waals surface area contributed by atoms with Crippen molar-refractivity contribution in [3.63, 3.8) is 0 Å². The van der Waals surface area contributed by atoms with E-state index in [1.165, 1.54) is 77.2 Å². The number of aryl methyl sites for hydroxylation is 2. The summed E-state index contributed by atoms with van der Waals surface area (Å²) < 4.78 is 0.220. The van der Waals surface area contributed by atoms with E-state index in [1.54, 1.807) is 0 Å². The van der Waals surface area contributed by atoms with Crippen molar-refractivity contribution in [1.82, 2.24) is 0 Å². The summed E-state index contributed by atoms with van der Waals surface area (Å²) >= 11 is -4.91. The van der Waals surface area contributed by atoms with Crippen LogP contribution in [0.25, 0.3) is 34.4 Å². The van der Waals surface area contributed by atoms with Gasteiger partial charge >= 0.3 is 323 Å². The Hall–Kier alpha value is -1.53. The fourth-order valence-electron chi connectivity index (χ4n) is 9.65. The van der Waals surface area contributed by atoms with Gasteiger partial charge in [0, 0.05) is 0 Å². The van der Waals surface area contributed by atoms with E-state index in [9.17, 15) is 0 Å². The Bertz CT molecular complexity index is 2040. The Morgan fingerprint density at radius 3 is 1.39 bits per heavy atom. The second-order valence-electron chi connectivity index (χ2n) is 17.9. The van der Waals surface area contributed by atoms with Crippen LogP contribution >= 0.6 is 17.0 Å². The normalized spacial score (nSPS) is 18.3. The Labute approximate surface area is 320 Å². The number of allylic oxidation sites excluding steroid dienone is 2. The Balaban J connectivity index is 1.58. The molecule has 0 radical (unpaired) electrons. The second-order valence-corrected chi connectivity index (χ2v) is 68.7. The Kier molecular flexibility index (Phi) is 10.7. The van der Waals surface area contributed by atoms with E-state index in [4.69, 9.17) is 17.0 Å². The molecule has 6 heteroatoms. The number of hydrogen-bond acceptors (Lipinski definition) is 0. The Morgan fingerprint density at radius 1 is 0.588 bits per heavy atom. The van der Waals surface area contributed by atoms with E-state index in [0.717, 1.165) is 18.5 Å². The predicted octanol–water partition coefficient (Wildman–Crippen LogP) is 13.5. The third-order valence-electron chi connectivity index (χ3n) is 12.3. The molecule has 269 valence electrons. The molecule has 0 heterocycles. The van der Waals surface area contributed by atoms with Crippen LogP contribution in [0.2, 0.25) is 51.4 Å². The summed E-state index contributed by atoms with van der Waals surface area (Å²) in [5, 5.41) is 2.99. The van der Waals surface area contributed by atoms with Crippen molar-refractivity contribution in [3.05, 3.63) is 117 Å². The van der Waals surface area contributed by atoms with E-state index in [1.807, 2.05) is 0 Å². The molecule has 2 aliphatic rings. The van der Waals surface area contributed by atoms with Gasteiger partial charge in [-0.05, 0) is 0 Å². The maximum atomic E-state index is 8.91. The summed E-state index contributed by atoms with van der Waals surface area (Å²) in [6, 6.07) is 30.9. The molecule has 0 N–H and O–H groups in total. The first kappa shape index (κ1) is 39.2. The Morgan fingerprint density at radius 2 is 1.00 bits per heavy atom. The molecule has 51 heavy (non-hydrogen) atoms. The SMILES string of the molecule is CCC1=Cc2c(-c3ccc([Si](C)(C)C)cc3)cc(C)cc2[CH]1[Zr]([Cl])([Cl])([CH]1C(C)=Cc2c(-c3ccc([Si](C)(C)C)cc3)cc(C)cc21)[SiH](CC)CC. The molecule has 2 unspecified atom stereocenters. The van der Waals surface area contributed by atoms with Gasteiger partial charge in [0.1, 0.15) is 0 Å². The van der Waals surface area contributed by atoms with E-state index in [0.29, 0.717) is 0 Å². The first-order chi connectivity index (χ1) is 23.8. The van der Waals surface area contributed by atoms with Crippen LogP contribution in [0.5, 0.6) is 0 Å². The summed E-state index contributed by atoms with van der Waals surface area (Å²) in [4.78, 5) is 0. The summed E-state index contributed by atoms with van der Waals surface area (Å²) in [6.07, 6.45) is 5.96. The monoisotopic (exact) mass is 843 g/mol. The standard InChI is InChI=1S/C21H25Si.C20H23Si.C4H11Si.2ClH.Zr/c1-6-16-13-18-11-15(2)12-20(21(18)14-16)17-7-9-19(10-8-17)22(3,4)5;1-14-10-17-11-15(2)13-20(17)19(12-14)16-6-8-18(9-7-16)21(3,4)5;1-3-5-4-2;;;/h7-14H,6H2,1-5H3;6-13H,1-5H3;5H,3-4H2,1-2H3;2*1H;/q;;;;;+2/p-2. The molecule has 4 aromatic carbocycles. The molecule has 0 aromatic heterocycles. The van der Waals surface area contributed by atoms with E-state index in [-0.39, 0.29) is 7.25 Å². The molecule has 6 rings (SSSR count). The molecule has 0 saturated heterocycles. The third-order valence-corrected chi connectivity index (χ3v) is 66.5. The molecule has 0 spiro atoms. The van der Waals surface area contributed by atoms with Crippen LogP contribution in [-0.4, -0.2) is 22.1 Å². The van der Waals surface area contributed by atoms with Crippen LogP contribution in [-0.2, 0) is 15.6 Å². The molecule has 2 aliphatic carbocycles. The van der Waals surface area contributed by atoms with Crippen LogP contribution in [0.4, 0.5) is 0 Å². The van der Waals surface area contributed by atoms with E-state index < -0.39 is 37.6 Å². The van der Waals surface area contributed by atoms with Crippen molar-refractivity contribution in [3.8, 4) is 22.3 Å². The summed E-state index contributed by atoms with van der Waals surface area (Å²) in [7, 11) is 15.0. The molecule has 0 saturated carbocycles. The van der Waals surface area contributed by atoms with Crippen LogP contribution < -0.4 is 10.4 Å². The van der Waals surface area contributed by atoms with Gasteiger partial charge in [0.05, 0.1) is 0 Å². The molecular weight excluding hydrogens is 787 g/mol. The van der Waals surface area contributed by atoms with Crippen molar-refractivity contribution in [1.29, 1.82) is 0 Å². The van der Waals surface area contributed by atoms with Gasteiger partial charge in [0.15, 0.2) is 0 Å². The minimum absolute atomic E-state index is 0.104. The molecule has 0 nitrogen and oxygen atoms in total. The van der Waals surface area contributed by atoms with Crippen molar-refractivity contribution < 1.29 is 15.6 Å². The van der Waals surface area contributed by atoms with Crippen molar-refractivity contribution in [2.24, 2.45) is 0 Å².